The summed E-state index contributed by atoms with van der Waals surface area (Å²) < 4.78 is 0. The first kappa shape index (κ1) is 14.4. The van der Waals surface area contributed by atoms with E-state index in [1.807, 2.05) is 12.1 Å². The minimum Gasteiger partial charge on any atom is -0.373 e. The zero-order chi connectivity index (χ0) is 16.8. The van der Waals surface area contributed by atoms with E-state index in [1.165, 1.54) is 21.9 Å². The van der Waals surface area contributed by atoms with Crippen LogP contribution in [0.2, 0.25) is 0 Å². The number of fused-ring (bicyclic) bond motifs is 4. The topological polar surface area (TPSA) is 42.0 Å². The van der Waals surface area contributed by atoms with Crippen LogP contribution in [-0.4, -0.2) is 10.8 Å². The molecule has 0 spiro atoms. The molecule has 2 aromatic carbocycles. The van der Waals surface area contributed by atoms with Crippen molar-refractivity contribution >= 4 is 27.8 Å². The highest BCUT2D eigenvalue weighted by atomic mass is 16.1. The van der Waals surface area contributed by atoms with Gasteiger partial charge in [-0.15, -0.1) is 0 Å². The molecule has 1 aliphatic heterocycles. The fourth-order valence-corrected chi connectivity index (χ4v) is 4.21. The maximum atomic E-state index is 12.8. The molecule has 0 amide bonds. The maximum absolute atomic E-state index is 12.8. The Morgan fingerprint density at radius 2 is 1.80 bits per heavy atom. The fourth-order valence-electron chi connectivity index (χ4n) is 4.21. The molecule has 122 valence electrons. The molecule has 1 atom stereocenters. The van der Waals surface area contributed by atoms with E-state index in [4.69, 9.17) is 0 Å². The van der Waals surface area contributed by atoms with E-state index in [0.29, 0.717) is 6.42 Å². The predicted octanol–water partition coefficient (Wildman–Crippen LogP) is 4.91. The van der Waals surface area contributed by atoms with Gasteiger partial charge in [-0.25, -0.2) is 0 Å². The summed E-state index contributed by atoms with van der Waals surface area (Å²) >= 11 is 0. The van der Waals surface area contributed by atoms with Crippen molar-refractivity contribution in [1.29, 1.82) is 0 Å². The Bertz CT molecular complexity index is 1020. The second-order valence-corrected chi connectivity index (χ2v) is 6.74. The van der Waals surface area contributed by atoms with Crippen LogP contribution in [0.5, 0.6) is 0 Å². The van der Waals surface area contributed by atoms with Gasteiger partial charge in [0, 0.05) is 35.6 Å². The van der Waals surface area contributed by atoms with Crippen molar-refractivity contribution in [3.05, 3.63) is 77.6 Å². The number of ketones is 1. The van der Waals surface area contributed by atoms with E-state index in [1.54, 1.807) is 12.4 Å². The third-order valence-corrected chi connectivity index (χ3v) is 5.31. The molecular formula is C22H18N2O. The molecule has 1 N–H and O–H groups in total. The number of anilines is 1. The number of benzene rings is 2. The van der Waals surface area contributed by atoms with E-state index in [-0.39, 0.29) is 11.8 Å². The molecule has 0 radical (unpaired) electrons. The Kier molecular flexibility index (Phi) is 3.20. The monoisotopic (exact) mass is 326 g/mol. The van der Waals surface area contributed by atoms with E-state index >= 15 is 0 Å². The van der Waals surface area contributed by atoms with Gasteiger partial charge >= 0.3 is 0 Å². The van der Waals surface area contributed by atoms with E-state index in [2.05, 4.69) is 46.7 Å². The lowest BCUT2D eigenvalue weighted by atomic mass is 9.77. The summed E-state index contributed by atoms with van der Waals surface area (Å²) in [5, 5.41) is 6.07. The Labute approximate surface area is 146 Å². The number of aromatic nitrogens is 1. The quantitative estimate of drug-likeness (QED) is 0.691. The number of rotatable bonds is 1. The molecule has 1 aromatic heterocycles. The molecule has 25 heavy (non-hydrogen) atoms. The minimum absolute atomic E-state index is 0.0838. The molecular weight excluding hydrogens is 308 g/mol. The standard InChI is InChI=1S/C22H18N2O/c25-19-7-3-6-17-20-16-5-2-1-4-14(16)8-9-18(20)24-22(21(17)19)15-10-12-23-13-11-15/h1-2,4-5,8-13,22,24H,3,6-7H2/t22-/m1/s1. The zero-order valence-electron chi connectivity index (χ0n) is 13.8. The average molecular weight is 326 g/mol. The number of hydrogen-bond acceptors (Lipinski definition) is 3. The summed E-state index contributed by atoms with van der Waals surface area (Å²) in [5.41, 5.74) is 5.60. The van der Waals surface area contributed by atoms with Crippen LogP contribution in [0.25, 0.3) is 16.3 Å². The molecule has 2 aliphatic rings. The van der Waals surface area contributed by atoms with Gasteiger partial charge in [0.25, 0.3) is 0 Å². The average Bonchev–Trinajstić information content (AvgIpc) is 2.68. The van der Waals surface area contributed by atoms with Gasteiger partial charge in [-0.1, -0.05) is 30.3 Å². The van der Waals surface area contributed by atoms with Crippen molar-refractivity contribution in [2.45, 2.75) is 25.3 Å². The SMILES string of the molecule is O=C1CCCC2=C1[C@@H](c1ccncc1)Nc1ccc3ccccc3c12. The molecule has 3 heteroatoms. The van der Waals surface area contributed by atoms with Crippen molar-refractivity contribution in [2.24, 2.45) is 0 Å². The van der Waals surface area contributed by atoms with Crippen LogP contribution in [0, 0.1) is 0 Å². The lowest BCUT2D eigenvalue weighted by molar-refractivity contribution is -0.116. The van der Waals surface area contributed by atoms with E-state index < -0.39 is 0 Å². The van der Waals surface area contributed by atoms with Gasteiger partial charge in [0.05, 0.1) is 6.04 Å². The first-order chi connectivity index (χ1) is 12.3. The highest BCUT2D eigenvalue weighted by Crippen LogP contribution is 2.47. The zero-order valence-corrected chi connectivity index (χ0v) is 13.8. The van der Waals surface area contributed by atoms with Crippen LogP contribution in [0.4, 0.5) is 5.69 Å². The minimum atomic E-state index is -0.0838. The van der Waals surface area contributed by atoms with Crippen LogP contribution in [0.3, 0.4) is 0 Å². The number of pyridine rings is 1. The summed E-state index contributed by atoms with van der Waals surface area (Å²) in [6.45, 7) is 0. The van der Waals surface area contributed by atoms with Crippen LogP contribution in [-0.2, 0) is 4.79 Å². The van der Waals surface area contributed by atoms with Crippen molar-refractivity contribution in [2.75, 3.05) is 5.32 Å². The Hall–Kier alpha value is -2.94. The number of Topliss-reactive ketones (excluding diaryl/α,β-unsaturated/α-hetero) is 1. The van der Waals surface area contributed by atoms with Crippen molar-refractivity contribution in [3.63, 3.8) is 0 Å². The molecule has 0 saturated heterocycles. The molecule has 0 unspecified atom stereocenters. The number of allylic oxidation sites excluding steroid dienone is 1. The van der Waals surface area contributed by atoms with Crippen LogP contribution < -0.4 is 5.32 Å². The first-order valence-corrected chi connectivity index (χ1v) is 8.78. The number of nitrogens with zero attached hydrogens (tertiary/aromatic N) is 1. The summed E-state index contributed by atoms with van der Waals surface area (Å²) in [4.78, 5) is 17.0. The molecule has 0 bridgehead atoms. The van der Waals surface area contributed by atoms with Crippen molar-refractivity contribution in [3.8, 4) is 0 Å². The molecule has 5 rings (SSSR count). The predicted molar refractivity (Wildman–Crippen MR) is 100 cm³/mol. The molecule has 3 nitrogen and oxygen atoms in total. The number of nitrogens with one attached hydrogen (secondary N) is 1. The van der Waals surface area contributed by atoms with Gasteiger partial charge in [0.15, 0.2) is 5.78 Å². The molecule has 0 saturated carbocycles. The number of hydrogen-bond donors (Lipinski definition) is 1. The van der Waals surface area contributed by atoms with Gasteiger partial charge in [-0.2, -0.15) is 0 Å². The number of carbonyl (C=O) groups excluding carboxylic acids is 1. The highest BCUT2D eigenvalue weighted by molar-refractivity contribution is 6.12. The molecule has 1 aliphatic carbocycles. The second-order valence-electron chi connectivity index (χ2n) is 6.74. The third kappa shape index (κ3) is 2.19. The maximum Gasteiger partial charge on any atom is 0.161 e. The van der Waals surface area contributed by atoms with Gasteiger partial charge in [0.1, 0.15) is 0 Å². The van der Waals surface area contributed by atoms with Gasteiger partial charge in [-0.05, 0) is 52.9 Å². The first-order valence-electron chi connectivity index (χ1n) is 8.78. The summed E-state index contributed by atoms with van der Waals surface area (Å²) in [5.74, 6) is 0.272. The fraction of sp³-hybridized carbons (Fsp3) is 0.182. The van der Waals surface area contributed by atoms with E-state index in [0.717, 1.165) is 29.7 Å². The summed E-state index contributed by atoms with van der Waals surface area (Å²) in [7, 11) is 0. The smallest absolute Gasteiger partial charge is 0.161 e. The normalized spacial score (nSPS) is 19.4. The second kappa shape index (κ2) is 5.55. The van der Waals surface area contributed by atoms with Gasteiger partial charge < -0.3 is 5.32 Å². The van der Waals surface area contributed by atoms with Crippen LogP contribution in [0.1, 0.15) is 36.4 Å². The Balaban J connectivity index is 1.81. The number of carbonyl (C=O) groups is 1. The van der Waals surface area contributed by atoms with E-state index in [9.17, 15) is 4.79 Å². The largest absolute Gasteiger partial charge is 0.373 e. The summed E-state index contributed by atoms with van der Waals surface area (Å²) in [6.07, 6.45) is 6.12. The molecule has 2 heterocycles. The lowest BCUT2D eigenvalue weighted by Crippen LogP contribution is -2.27. The van der Waals surface area contributed by atoms with Gasteiger partial charge in [0.2, 0.25) is 0 Å². The molecule has 3 aromatic rings. The van der Waals surface area contributed by atoms with Crippen molar-refractivity contribution in [1.82, 2.24) is 4.98 Å². The Morgan fingerprint density at radius 1 is 0.960 bits per heavy atom. The van der Waals surface area contributed by atoms with Crippen molar-refractivity contribution < 1.29 is 4.79 Å². The van der Waals surface area contributed by atoms with Gasteiger partial charge in [-0.3, -0.25) is 9.78 Å². The summed E-state index contributed by atoms with van der Waals surface area (Å²) in [6, 6.07) is 16.6. The van der Waals surface area contributed by atoms with Crippen LogP contribution in [0.15, 0.2) is 66.5 Å². The Morgan fingerprint density at radius 3 is 2.68 bits per heavy atom. The third-order valence-electron chi connectivity index (χ3n) is 5.31. The lowest BCUT2D eigenvalue weighted by Gasteiger charge is -2.35. The molecule has 0 fully saturated rings. The van der Waals surface area contributed by atoms with Crippen LogP contribution >= 0.6 is 0 Å². The highest BCUT2D eigenvalue weighted by Gasteiger charge is 2.34.